The van der Waals surface area contributed by atoms with E-state index in [-0.39, 0.29) is 5.91 Å². The predicted molar refractivity (Wildman–Crippen MR) is 83.5 cm³/mol. The third-order valence-electron chi connectivity index (χ3n) is 3.48. The molecule has 0 spiro atoms. The van der Waals surface area contributed by atoms with Gasteiger partial charge in [-0.15, -0.1) is 0 Å². The van der Waals surface area contributed by atoms with Gasteiger partial charge < -0.3 is 9.80 Å². The Balaban J connectivity index is 1.71. The van der Waals surface area contributed by atoms with Crippen molar-refractivity contribution in [3.63, 3.8) is 0 Å². The minimum absolute atomic E-state index is 0.118. The number of nitrogens with zero attached hydrogens (tertiary/aromatic N) is 3. The Morgan fingerprint density at radius 3 is 2.55 bits per heavy atom. The van der Waals surface area contributed by atoms with Gasteiger partial charge in [-0.1, -0.05) is 30.3 Å². The van der Waals surface area contributed by atoms with Crippen molar-refractivity contribution in [1.82, 2.24) is 9.80 Å². The number of carbonyl (C=O) groups excluding carboxylic acids is 1. The van der Waals surface area contributed by atoms with E-state index < -0.39 is 0 Å². The highest BCUT2D eigenvalue weighted by Gasteiger charge is 2.27. The molecule has 1 amide bonds. The molecule has 5 heteroatoms. The third kappa shape index (κ3) is 2.94. The van der Waals surface area contributed by atoms with Crippen LogP contribution < -0.4 is 0 Å². The lowest BCUT2D eigenvalue weighted by Gasteiger charge is -2.32. The monoisotopic (exact) mass is 287 g/mol. The van der Waals surface area contributed by atoms with Crippen LogP contribution in [0.15, 0.2) is 40.2 Å². The molecule has 0 aliphatic carbocycles. The highest BCUT2D eigenvalue weighted by atomic mass is 32.2. The average molecular weight is 287 g/mol. The lowest BCUT2D eigenvalue weighted by molar-refractivity contribution is -0.113. The van der Waals surface area contributed by atoms with Gasteiger partial charge in [0.25, 0.3) is 5.91 Å². The van der Waals surface area contributed by atoms with Crippen LogP contribution >= 0.6 is 11.8 Å². The predicted octanol–water partition coefficient (Wildman–Crippen LogP) is 1.90. The Morgan fingerprint density at radius 2 is 1.85 bits per heavy atom. The zero-order chi connectivity index (χ0) is 13.9. The molecule has 2 aliphatic heterocycles. The van der Waals surface area contributed by atoms with Crippen LogP contribution in [0.25, 0.3) is 6.08 Å². The Hall–Kier alpha value is -1.59. The van der Waals surface area contributed by atoms with Crippen molar-refractivity contribution < 1.29 is 4.79 Å². The van der Waals surface area contributed by atoms with E-state index >= 15 is 0 Å². The summed E-state index contributed by atoms with van der Waals surface area (Å²) in [6.07, 6.45) is 1.92. The van der Waals surface area contributed by atoms with Crippen molar-refractivity contribution in [2.24, 2.45) is 4.99 Å². The fraction of sp³-hybridized carbons (Fsp3) is 0.333. The summed E-state index contributed by atoms with van der Waals surface area (Å²) in [5.41, 5.74) is 1.04. The number of likely N-dealkylation sites (N-methyl/N-ethyl adjacent to an activating group) is 1. The topological polar surface area (TPSA) is 35.9 Å². The second-order valence-electron chi connectivity index (χ2n) is 5.01. The summed E-state index contributed by atoms with van der Waals surface area (Å²) >= 11 is 1.49. The fourth-order valence-electron chi connectivity index (χ4n) is 2.23. The molecule has 104 valence electrons. The summed E-state index contributed by atoms with van der Waals surface area (Å²) in [7, 11) is 2.12. The van der Waals surface area contributed by atoms with Gasteiger partial charge in [0.1, 0.15) is 0 Å². The number of carbonyl (C=O) groups is 1. The first-order valence-electron chi connectivity index (χ1n) is 6.73. The summed E-state index contributed by atoms with van der Waals surface area (Å²) < 4.78 is 0. The maximum atomic E-state index is 12.0. The van der Waals surface area contributed by atoms with Gasteiger partial charge >= 0.3 is 0 Å². The molecule has 0 N–H and O–H groups in total. The first-order valence-corrected chi connectivity index (χ1v) is 7.55. The van der Waals surface area contributed by atoms with E-state index in [0.29, 0.717) is 4.91 Å². The van der Waals surface area contributed by atoms with Crippen molar-refractivity contribution >= 4 is 28.9 Å². The Morgan fingerprint density at radius 1 is 1.15 bits per heavy atom. The summed E-state index contributed by atoms with van der Waals surface area (Å²) in [6, 6.07) is 9.90. The van der Waals surface area contributed by atoms with Crippen molar-refractivity contribution in [2.45, 2.75) is 0 Å². The molecule has 1 saturated heterocycles. The molecule has 0 radical (unpaired) electrons. The Labute approximate surface area is 123 Å². The standard InChI is InChI=1S/C15H17N3OS/c1-17-7-9-18(10-8-17)15-16-14(19)13(20-15)11-12-5-3-2-4-6-12/h2-6,11H,7-10H2,1H3/b13-11-. The molecular formula is C15H17N3OS. The van der Waals surface area contributed by atoms with E-state index in [0.717, 1.165) is 36.9 Å². The van der Waals surface area contributed by atoms with Gasteiger partial charge in [0, 0.05) is 26.2 Å². The zero-order valence-corrected chi connectivity index (χ0v) is 12.3. The number of aliphatic imine (C=N–C) groups is 1. The average Bonchev–Trinajstić information content (AvgIpc) is 2.82. The number of thioether (sulfide) groups is 1. The molecule has 1 fully saturated rings. The minimum atomic E-state index is -0.118. The summed E-state index contributed by atoms with van der Waals surface area (Å²) in [6.45, 7) is 3.92. The van der Waals surface area contributed by atoms with Gasteiger partial charge in [-0.3, -0.25) is 4.79 Å². The number of hydrogen-bond acceptors (Lipinski definition) is 4. The van der Waals surface area contributed by atoms with E-state index in [1.54, 1.807) is 0 Å². The number of piperazine rings is 1. The SMILES string of the molecule is CN1CCN(C2=NC(=O)/C(=C/c3ccccc3)S2)CC1. The molecule has 0 unspecified atom stereocenters. The van der Waals surface area contributed by atoms with Crippen molar-refractivity contribution in [1.29, 1.82) is 0 Å². The quantitative estimate of drug-likeness (QED) is 0.739. The largest absolute Gasteiger partial charge is 0.348 e. The van der Waals surface area contributed by atoms with Crippen LogP contribution in [0.2, 0.25) is 0 Å². The summed E-state index contributed by atoms with van der Waals surface area (Å²) in [4.78, 5) is 21.4. The fourth-order valence-corrected chi connectivity index (χ4v) is 3.20. The summed E-state index contributed by atoms with van der Waals surface area (Å²) in [5, 5.41) is 0.852. The van der Waals surface area contributed by atoms with Crippen LogP contribution in [0.4, 0.5) is 0 Å². The van der Waals surface area contributed by atoms with Gasteiger partial charge in [-0.2, -0.15) is 4.99 Å². The number of hydrogen-bond donors (Lipinski definition) is 0. The third-order valence-corrected chi connectivity index (χ3v) is 4.52. The molecule has 4 nitrogen and oxygen atoms in total. The molecule has 0 atom stereocenters. The van der Waals surface area contributed by atoms with Crippen LogP contribution in [-0.2, 0) is 4.79 Å². The molecule has 3 rings (SSSR count). The Bertz CT molecular complexity index is 560. The van der Waals surface area contributed by atoms with Gasteiger partial charge in [0.15, 0.2) is 5.17 Å². The molecule has 0 saturated carbocycles. The lowest BCUT2D eigenvalue weighted by Crippen LogP contribution is -2.46. The van der Waals surface area contributed by atoms with Gasteiger partial charge in [-0.05, 0) is 30.4 Å². The van der Waals surface area contributed by atoms with Gasteiger partial charge in [0.2, 0.25) is 0 Å². The number of amidine groups is 1. The molecule has 20 heavy (non-hydrogen) atoms. The molecule has 0 bridgehead atoms. The van der Waals surface area contributed by atoms with Crippen LogP contribution in [0.1, 0.15) is 5.56 Å². The van der Waals surface area contributed by atoms with Crippen LogP contribution in [0.3, 0.4) is 0 Å². The van der Waals surface area contributed by atoms with E-state index in [1.807, 2.05) is 36.4 Å². The van der Waals surface area contributed by atoms with Crippen molar-refractivity contribution in [3.8, 4) is 0 Å². The van der Waals surface area contributed by atoms with E-state index in [4.69, 9.17) is 0 Å². The van der Waals surface area contributed by atoms with Gasteiger partial charge in [-0.25, -0.2) is 0 Å². The van der Waals surface area contributed by atoms with E-state index in [1.165, 1.54) is 11.8 Å². The minimum Gasteiger partial charge on any atom is -0.348 e. The molecule has 1 aromatic rings. The second kappa shape index (κ2) is 5.81. The molecule has 1 aromatic carbocycles. The highest BCUT2D eigenvalue weighted by Crippen LogP contribution is 2.30. The number of rotatable bonds is 1. The van der Waals surface area contributed by atoms with Crippen LogP contribution in [-0.4, -0.2) is 54.1 Å². The first kappa shape index (κ1) is 13.4. The zero-order valence-electron chi connectivity index (χ0n) is 11.5. The maximum absolute atomic E-state index is 12.0. The summed E-state index contributed by atoms with van der Waals surface area (Å²) in [5.74, 6) is -0.118. The van der Waals surface area contributed by atoms with Crippen LogP contribution in [0, 0.1) is 0 Å². The number of benzene rings is 1. The Kier molecular flexibility index (Phi) is 3.89. The lowest BCUT2D eigenvalue weighted by atomic mass is 10.2. The van der Waals surface area contributed by atoms with Crippen molar-refractivity contribution in [3.05, 3.63) is 40.8 Å². The molecule has 2 aliphatic rings. The second-order valence-corrected chi connectivity index (χ2v) is 6.02. The smallest absolute Gasteiger partial charge is 0.286 e. The maximum Gasteiger partial charge on any atom is 0.286 e. The normalized spacial score (nSPS) is 22.4. The van der Waals surface area contributed by atoms with E-state index in [9.17, 15) is 4.79 Å². The number of amides is 1. The molecule has 2 heterocycles. The van der Waals surface area contributed by atoms with Crippen molar-refractivity contribution in [2.75, 3.05) is 33.2 Å². The van der Waals surface area contributed by atoms with Gasteiger partial charge in [0.05, 0.1) is 4.91 Å². The highest BCUT2D eigenvalue weighted by molar-refractivity contribution is 8.18. The molecule has 0 aromatic heterocycles. The van der Waals surface area contributed by atoms with E-state index in [2.05, 4.69) is 21.8 Å². The molecular weight excluding hydrogens is 270 g/mol. The first-order chi connectivity index (χ1) is 9.72. The van der Waals surface area contributed by atoms with Crippen LogP contribution in [0.5, 0.6) is 0 Å².